The van der Waals surface area contributed by atoms with Gasteiger partial charge in [-0.05, 0) is 25.0 Å². The molecule has 0 bridgehead atoms. The van der Waals surface area contributed by atoms with Gasteiger partial charge in [-0.15, -0.1) is 11.6 Å². The van der Waals surface area contributed by atoms with Crippen LogP contribution in [0.25, 0.3) is 0 Å². The Bertz CT molecular complexity index is 1110. The van der Waals surface area contributed by atoms with E-state index >= 15 is 0 Å². The number of ether oxygens (including phenoxy) is 4. The molecule has 3 fully saturated rings. The van der Waals surface area contributed by atoms with E-state index in [9.17, 15) is 14.4 Å². The van der Waals surface area contributed by atoms with Crippen LogP contribution in [0.3, 0.4) is 0 Å². The minimum absolute atomic E-state index is 0.0513. The van der Waals surface area contributed by atoms with Crippen LogP contribution in [0, 0.1) is 0 Å². The zero-order valence-corrected chi connectivity index (χ0v) is 18.0. The molecule has 3 aliphatic rings. The molecule has 2 saturated heterocycles. The minimum Gasteiger partial charge on any atom is -0.459 e. The minimum atomic E-state index is -1.23. The van der Waals surface area contributed by atoms with Crippen molar-refractivity contribution in [2.24, 2.45) is 0 Å². The van der Waals surface area contributed by atoms with Crippen molar-refractivity contribution in [2.45, 2.75) is 55.5 Å². The molecule has 5 rings (SSSR count). The van der Waals surface area contributed by atoms with Crippen LogP contribution >= 0.6 is 11.6 Å². The second kappa shape index (κ2) is 8.15. The second-order valence-corrected chi connectivity index (χ2v) is 8.67. The largest absolute Gasteiger partial charge is 0.459 e. The van der Waals surface area contributed by atoms with Gasteiger partial charge < -0.3 is 18.9 Å². The first-order valence-corrected chi connectivity index (χ1v) is 11.1. The Balaban J connectivity index is 1.46. The van der Waals surface area contributed by atoms with Crippen LogP contribution in [0.2, 0.25) is 0 Å². The summed E-state index contributed by atoms with van der Waals surface area (Å²) in [7, 11) is 0. The number of rotatable bonds is 5. The molecule has 2 aromatic rings. The van der Waals surface area contributed by atoms with Gasteiger partial charge in [0.2, 0.25) is 0 Å². The van der Waals surface area contributed by atoms with Crippen LogP contribution < -0.4 is 11.2 Å². The first-order valence-electron chi connectivity index (χ1n) is 10.6. The van der Waals surface area contributed by atoms with Crippen molar-refractivity contribution in [3.05, 3.63) is 69.0 Å². The zero-order chi connectivity index (χ0) is 22.3. The van der Waals surface area contributed by atoms with Gasteiger partial charge in [-0.25, -0.2) is 9.59 Å². The van der Waals surface area contributed by atoms with Gasteiger partial charge in [0.15, 0.2) is 12.0 Å². The number of benzene rings is 1. The summed E-state index contributed by atoms with van der Waals surface area (Å²) in [5.74, 6) is -1.34. The van der Waals surface area contributed by atoms with Crippen molar-refractivity contribution in [3.8, 4) is 0 Å². The Labute approximate surface area is 188 Å². The molecule has 4 atom stereocenters. The third kappa shape index (κ3) is 3.59. The van der Waals surface area contributed by atoms with Gasteiger partial charge in [-0.2, -0.15) is 0 Å². The summed E-state index contributed by atoms with van der Waals surface area (Å²) in [5, 5.41) is 0. The van der Waals surface area contributed by atoms with Crippen molar-refractivity contribution in [1.29, 1.82) is 0 Å². The highest BCUT2D eigenvalue weighted by Crippen LogP contribution is 2.52. The highest BCUT2D eigenvalue weighted by atomic mass is 35.5. The predicted octanol–water partition coefficient (Wildman–Crippen LogP) is 1.95. The van der Waals surface area contributed by atoms with E-state index in [0.29, 0.717) is 5.56 Å². The van der Waals surface area contributed by atoms with Gasteiger partial charge >= 0.3 is 11.7 Å². The number of hydrogen-bond acceptors (Lipinski definition) is 7. The molecule has 3 heterocycles. The summed E-state index contributed by atoms with van der Waals surface area (Å²) in [6.07, 6.45) is 2.48. The van der Waals surface area contributed by atoms with Gasteiger partial charge in [-0.3, -0.25) is 14.3 Å². The first-order chi connectivity index (χ1) is 15.5. The summed E-state index contributed by atoms with van der Waals surface area (Å²) < 4.78 is 25.8. The van der Waals surface area contributed by atoms with Gasteiger partial charge in [0.05, 0.1) is 11.4 Å². The van der Waals surface area contributed by atoms with Crippen molar-refractivity contribution >= 4 is 17.6 Å². The molecule has 1 aromatic heterocycles. The van der Waals surface area contributed by atoms with Gasteiger partial charge in [0, 0.05) is 25.1 Å². The van der Waals surface area contributed by atoms with Crippen molar-refractivity contribution in [1.82, 2.24) is 9.55 Å². The third-order valence-corrected chi connectivity index (χ3v) is 6.77. The molecule has 1 aromatic carbocycles. The molecule has 0 unspecified atom stereocenters. The molecule has 9 nitrogen and oxygen atoms in total. The van der Waals surface area contributed by atoms with Gasteiger partial charge in [-0.1, -0.05) is 18.2 Å². The van der Waals surface area contributed by atoms with Gasteiger partial charge in [0.1, 0.15) is 24.4 Å². The van der Waals surface area contributed by atoms with Crippen LogP contribution in [0.1, 0.15) is 42.3 Å². The molecule has 2 aliphatic heterocycles. The number of aromatic nitrogens is 2. The number of nitrogens with zero attached hydrogens (tertiary/aromatic N) is 1. The fraction of sp³-hybridized carbons (Fsp3) is 0.500. The van der Waals surface area contributed by atoms with E-state index in [-0.39, 0.29) is 12.5 Å². The Morgan fingerprint density at radius 1 is 1.12 bits per heavy atom. The molecule has 1 N–H and O–H groups in total. The lowest BCUT2D eigenvalue weighted by atomic mass is 9.98. The third-order valence-electron chi connectivity index (χ3n) is 6.32. The van der Waals surface area contributed by atoms with Crippen LogP contribution in [-0.2, 0) is 18.9 Å². The van der Waals surface area contributed by atoms with Crippen LogP contribution in [0.5, 0.6) is 0 Å². The average molecular weight is 463 g/mol. The van der Waals surface area contributed by atoms with Crippen molar-refractivity contribution < 1.29 is 23.7 Å². The van der Waals surface area contributed by atoms with Crippen LogP contribution in [0.15, 0.2) is 52.2 Å². The summed E-state index contributed by atoms with van der Waals surface area (Å²) >= 11 is 6.38. The second-order valence-electron chi connectivity index (χ2n) is 8.41. The normalized spacial score (nSPS) is 30.5. The Hall–Kier alpha value is -2.46. The zero-order valence-electron chi connectivity index (χ0n) is 17.2. The monoisotopic (exact) mass is 462 g/mol. The van der Waals surface area contributed by atoms with E-state index in [1.54, 1.807) is 30.3 Å². The maximum atomic E-state index is 12.6. The number of nitrogens with one attached hydrogen (secondary N) is 1. The molecule has 1 aliphatic carbocycles. The number of alkyl halides is 1. The quantitative estimate of drug-likeness (QED) is 0.534. The van der Waals surface area contributed by atoms with E-state index in [1.807, 2.05) is 0 Å². The molecule has 32 heavy (non-hydrogen) atoms. The maximum Gasteiger partial charge on any atom is 0.338 e. The molecule has 10 heteroatoms. The SMILES string of the molecule is O=C(OC[C@@]1(CCl)O[C@@H](n2ccc(=O)[nH]c2=O)[C@@H]2OC3(CCCC3)O[C@@H]21)c1ccccc1. The van der Waals surface area contributed by atoms with Gasteiger partial charge in [0.25, 0.3) is 5.56 Å². The van der Waals surface area contributed by atoms with E-state index in [1.165, 1.54) is 16.8 Å². The first kappa shape index (κ1) is 21.4. The summed E-state index contributed by atoms with van der Waals surface area (Å²) in [6, 6.07) is 9.83. The highest BCUT2D eigenvalue weighted by molar-refractivity contribution is 6.18. The Kier molecular flexibility index (Phi) is 5.45. The lowest BCUT2D eigenvalue weighted by Gasteiger charge is -2.33. The van der Waals surface area contributed by atoms with Crippen molar-refractivity contribution in [2.75, 3.05) is 12.5 Å². The predicted molar refractivity (Wildman–Crippen MR) is 113 cm³/mol. The maximum absolute atomic E-state index is 12.6. The van der Waals surface area contributed by atoms with E-state index in [2.05, 4.69) is 4.98 Å². The standard InChI is InChI=1S/C22H23ClN2O7/c23-12-21(13-29-19(27)14-6-2-1-3-7-14)17-16(30-22(31-17)9-4-5-10-22)18(32-21)25-11-8-15(26)24-20(25)28/h1-3,6-8,11,16-18H,4-5,9-10,12-13H2,(H,24,26,28)/t16-,17+,18-,21-/m1/s1. The molecule has 1 spiro atoms. The summed E-state index contributed by atoms with van der Waals surface area (Å²) in [4.78, 5) is 38.8. The summed E-state index contributed by atoms with van der Waals surface area (Å²) in [5.41, 5.74) is -1.99. The number of H-pyrrole nitrogens is 1. The smallest absolute Gasteiger partial charge is 0.338 e. The van der Waals surface area contributed by atoms with E-state index in [4.69, 9.17) is 30.5 Å². The Morgan fingerprint density at radius 3 is 2.56 bits per heavy atom. The molecule has 170 valence electrons. The van der Waals surface area contributed by atoms with E-state index < -0.39 is 47.0 Å². The number of hydrogen-bond donors (Lipinski definition) is 1. The average Bonchev–Trinajstić information content (AvgIpc) is 3.49. The fourth-order valence-corrected chi connectivity index (χ4v) is 5.02. The molecule has 0 radical (unpaired) electrons. The highest BCUT2D eigenvalue weighted by Gasteiger charge is 2.66. The number of fused-ring (bicyclic) bond motifs is 1. The molecule has 1 saturated carbocycles. The summed E-state index contributed by atoms with van der Waals surface area (Å²) in [6.45, 7) is -0.181. The molecule has 0 amide bonds. The Morgan fingerprint density at radius 2 is 1.88 bits per heavy atom. The topological polar surface area (TPSA) is 109 Å². The number of carbonyl (C=O) groups excluding carboxylic acids is 1. The van der Waals surface area contributed by atoms with Crippen molar-refractivity contribution in [3.63, 3.8) is 0 Å². The van der Waals surface area contributed by atoms with Crippen LogP contribution in [-0.4, -0.2) is 51.6 Å². The number of esters is 1. The lowest BCUT2D eigenvalue weighted by Crippen LogP contribution is -2.49. The number of halogens is 1. The number of aromatic amines is 1. The molecular weight excluding hydrogens is 440 g/mol. The van der Waals surface area contributed by atoms with E-state index in [0.717, 1.165) is 25.7 Å². The molecular formula is C22H23ClN2O7. The lowest BCUT2D eigenvalue weighted by molar-refractivity contribution is -0.235. The fourth-order valence-electron chi connectivity index (χ4n) is 4.72. The number of carbonyl (C=O) groups is 1. The van der Waals surface area contributed by atoms with Crippen LogP contribution in [0.4, 0.5) is 0 Å².